The molecule has 0 saturated heterocycles. The van der Waals surface area contributed by atoms with Crippen molar-refractivity contribution in [3.63, 3.8) is 0 Å². The van der Waals surface area contributed by atoms with Crippen molar-refractivity contribution in [2.45, 2.75) is 6.92 Å². The molecule has 1 aromatic rings. The number of carbonyl (C=O) groups excluding carboxylic acids is 1. The molecule has 0 aliphatic carbocycles. The second kappa shape index (κ2) is 4.46. The van der Waals surface area contributed by atoms with Crippen LogP contribution in [0.3, 0.4) is 0 Å². The molecular formula is C11H13NO2. The van der Waals surface area contributed by atoms with Gasteiger partial charge >= 0.3 is 0 Å². The van der Waals surface area contributed by atoms with Crippen LogP contribution in [0.4, 0.5) is 5.69 Å². The number of methoxy groups -OCH3 is 1. The maximum atomic E-state index is 10.9. The number of benzene rings is 1. The van der Waals surface area contributed by atoms with Crippen molar-refractivity contribution in [3.8, 4) is 5.75 Å². The first-order chi connectivity index (χ1) is 6.67. The summed E-state index contributed by atoms with van der Waals surface area (Å²) in [5.74, 6) is 0.646. The van der Waals surface area contributed by atoms with Gasteiger partial charge in [0.2, 0.25) is 5.91 Å². The van der Waals surface area contributed by atoms with E-state index in [0.29, 0.717) is 0 Å². The fourth-order valence-corrected chi connectivity index (χ4v) is 1.14. The molecule has 0 aromatic heterocycles. The number of nitrogens with one attached hydrogen (secondary N) is 1. The molecule has 3 nitrogen and oxygen atoms in total. The van der Waals surface area contributed by atoms with Crippen molar-refractivity contribution in [2.75, 3.05) is 12.4 Å². The monoisotopic (exact) mass is 191 g/mol. The molecule has 0 atom stereocenters. The second-order valence-corrected chi connectivity index (χ2v) is 2.84. The van der Waals surface area contributed by atoms with E-state index in [1.807, 2.05) is 6.07 Å². The van der Waals surface area contributed by atoms with Gasteiger partial charge in [0.15, 0.2) is 0 Å². The summed E-state index contributed by atoms with van der Waals surface area (Å²) in [5, 5.41) is 2.71. The average Bonchev–Trinajstić information content (AvgIpc) is 2.17. The van der Waals surface area contributed by atoms with Crippen molar-refractivity contribution >= 4 is 17.7 Å². The first-order valence-corrected chi connectivity index (χ1v) is 4.25. The summed E-state index contributed by atoms with van der Waals surface area (Å²) in [5.41, 5.74) is 1.59. The first-order valence-electron chi connectivity index (χ1n) is 4.25. The SMILES string of the molecule is C=Cc1cc(OC)ccc1NC(C)=O. The molecular weight excluding hydrogens is 178 g/mol. The Balaban J connectivity index is 3.04. The van der Waals surface area contributed by atoms with E-state index in [9.17, 15) is 4.79 Å². The summed E-state index contributed by atoms with van der Waals surface area (Å²) >= 11 is 0. The Labute approximate surface area is 83.4 Å². The summed E-state index contributed by atoms with van der Waals surface area (Å²) in [6, 6.07) is 5.40. The normalized spacial score (nSPS) is 9.29. The molecule has 0 aliphatic rings. The van der Waals surface area contributed by atoms with Crippen LogP contribution in [-0.2, 0) is 4.79 Å². The maximum absolute atomic E-state index is 10.9. The molecule has 0 radical (unpaired) electrons. The van der Waals surface area contributed by atoms with Gasteiger partial charge in [-0.1, -0.05) is 12.7 Å². The number of amides is 1. The second-order valence-electron chi connectivity index (χ2n) is 2.84. The van der Waals surface area contributed by atoms with Gasteiger partial charge in [-0.05, 0) is 18.2 Å². The molecule has 1 N–H and O–H groups in total. The van der Waals surface area contributed by atoms with E-state index in [1.165, 1.54) is 6.92 Å². The fourth-order valence-electron chi connectivity index (χ4n) is 1.14. The Bertz CT molecular complexity index is 358. The largest absolute Gasteiger partial charge is 0.497 e. The van der Waals surface area contributed by atoms with Crippen molar-refractivity contribution in [1.29, 1.82) is 0 Å². The van der Waals surface area contributed by atoms with Crippen LogP contribution in [0.1, 0.15) is 12.5 Å². The van der Waals surface area contributed by atoms with Gasteiger partial charge < -0.3 is 10.1 Å². The molecule has 0 saturated carbocycles. The van der Waals surface area contributed by atoms with Crippen molar-refractivity contribution < 1.29 is 9.53 Å². The zero-order valence-electron chi connectivity index (χ0n) is 8.33. The zero-order valence-corrected chi connectivity index (χ0v) is 8.33. The number of ether oxygens (including phenoxy) is 1. The minimum Gasteiger partial charge on any atom is -0.497 e. The minimum absolute atomic E-state index is 0.0988. The van der Waals surface area contributed by atoms with Gasteiger partial charge in [0.25, 0.3) is 0 Å². The van der Waals surface area contributed by atoms with Gasteiger partial charge in [0, 0.05) is 18.2 Å². The number of hydrogen-bond acceptors (Lipinski definition) is 2. The van der Waals surface area contributed by atoms with E-state index in [0.717, 1.165) is 17.0 Å². The molecule has 74 valence electrons. The Morgan fingerprint density at radius 3 is 2.79 bits per heavy atom. The zero-order chi connectivity index (χ0) is 10.6. The van der Waals surface area contributed by atoms with E-state index in [4.69, 9.17) is 4.74 Å². The predicted octanol–water partition coefficient (Wildman–Crippen LogP) is 2.30. The van der Waals surface area contributed by atoms with Gasteiger partial charge in [0.05, 0.1) is 7.11 Å². The highest BCUT2D eigenvalue weighted by Gasteiger charge is 2.02. The topological polar surface area (TPSA) is 38.3 Å². The van der Waals surface area contributed by atoms with Gasteiger partial charge in [-0.15, -0.1) is 0 Å². The lowest BCUT2D eigenvalue weighted by atomic mass is 10.1. The third-order valence-electron chi connectivity index (χ3n) is 1.79. The summed E-state index contributed by atoms with van der Waals surface area (Å²) < 4.78 is 5.06. The molecule has 1 aromatic carbocycles. The predicted molar refractivity (Wildman–Crippen MR) is 57.4 cm³/mol. The van der Waals surface area contributed by atoms with E-state index in [1.54, 1.807) is 25.3 Å². The lowest BCUT2D eigenvalue weighted by molar-refractivity contribution is -0.114. The minimum atomic E-state index is -0.0988. The van der Waals surface area contributed by atoms with Crippen LogP contribution in [0.25, 0.3) is 6.08 Å². The van der Waals surface area contributed by atoms with Crippen LogP contribution in [0.15, 0.2) is 24.8 Å². The smallest absolute Gasteiger partial charge is 0.221 e. The standard InChI is InChI=1S/C11H13NO2/c1-4-9-7-10(14-3)5-6-11(9)12-8(2)13/h4-7H,1H2,2-3H3,(H,12,13). The Morgan fingerprint density at radius 2 is 2.29 bits per heavy atom. The van der Waals surface area contributed by atoms with E-state index >= 15 is 0 Å². The third kappa shape index (κ3) is 2.36. The molecule has 0 heterocycles. The molecule has 1 amide bonds. The summed E-state index contributed by atoms with van der Waals surface area (Å²) in [7, 11) is 1.60. The summed E-state index contributed by atoms with van der Waals surface area (Å²) in [6.45, 7) is 5.14. The Kier molecular flexibility index (Phi) is 3.29. The van der Waals surface area contributed by atoms with Crippen LogP contribution >= 0.6 is 0 Å². The first kappa shape index (κ1) is 10.3. The van der Waals surface area contributed by atoms with E-state index < -0.39 is 0 Å². The number of carbonyl (C=O) groups is 1. The van der Waals surface area contributed by atoms with Crippen LogP contribution in [0.5, 0.6) is 5.75 Å². The Hall–Kier alpha value is -1.77. The summed E-state index contributed by atoms with van der Waals surface area (Å²) in [4.78, 5) is 10.9. The van der Waals surface area contributed by atoms with Crippen LogP contribution in [-0.4, -0.2) is 13.0 Å². The molecule has 1 rings (SSSR count). The van der Waals surface area contributed by atoms with E-state index in [-0.39, 0.29) is 5.91 Å². The van der Waals surface area contributed by atoms with Gasteiger partial charge in [-0.3, -0.25) is 4.79 Å². The molecule has 14 heavy (non-hydrogen) atoms. The van der Waals surface area contributed by atoms with Crippen molar-refractivity contribution in [3.05, 3.63) is 30.3 Å². The number of rotatable bonds is 3. The quantitative estimate of drug-likeness (QED) is 0.796. The van der Waals surface area contributed by atoms with Crippen molar-refractivity contribution in [2.24, 2.45) is 0 Å². The molecule has 0 spiro atoms. The number of hydrogen-bond donors (Lipinski definition) is 1. The third-order valence-corrected chi connectivity index (χ3v) is 1.79. The molecule has 0 unspecified atom stereocenters. The van der Waals surface area contributed by atoms with Crippen LogP contribution in [0, 0.1) is 0 Å². The van der Waals surface area contributed by atoms with Crippen molar-refractivity contribution in [1.82, 2.24) is 0 Å². The summed E-state index contributed by atoms with van der Waals surface area (Å²) in [6.07, 6.45) is 1.67. The highest BCUT2D eigenvalue weighted by atomic mass is 16.5. The lowest BCUT2D eigenvalue weighted by Gasteiger charge is -2.08. The van der Waals surface area contributed by atoms with Gasteiger partial charge in [-0.25, -0.2) is 0 Å². The highest BCUT2D eigenvalue weighted by molar-refractivity contribution is 5.91. The molecule has 0 fully saturated rings. The van der Waals surface area contributed by atoms with Crippen LogP contribution in [0.2, 0.25) is 0 Å². The number of anilines is 1. The average molecular weight is 191 g/mol. The fraction of sp³-hybridized carbons (Fsp3) is 0.182. The molecule has 0 bridgehead atoms. The highest BCUT2D eigenvalue weighted by Crippen LogP contribution is 2.22. The van der Waals surface area contributed by atoms with Gasteiger partial charge in [-0.2, -0.15) is 0 Å². The Morgan fingerprint density at radius 1 is 1.57 bits per heavy atom. The van der Waals surface area contributed by atoms with Gasteiger partial charge in [0.1, 0.15) is 5.75 Å². The lowest BCUT2D eigenvalue weighted by Crippen LogP contribution is -2.06. The molecule has 3 heteroatoms. The van der Waals surface area contributed by atoms with E-state index in [2.05, 4.69) is 11.9 Å². The molecule has 0 aliphatic heterocycles. The maximum Gasteiger partial charge on any atom is 0.221 e. The van der Waals surface area contributed by atoms with Crippen LogP contribution < -0.4 is 10.1 Å².